The number of hydrogen-bond acceptors (Lipinski definition) is 3. The first kappa shape index (κ1) is 3.51. The molecule has 3 heteroatoms. The molecule has 92 valence electrons. The lowest BCUT2D eigenvalue weighted by Crippen LogP contribution is -2.23. The number of hydrogen-bond donors (Lipinski definition) is 1. The minimum atomic E-state index is -3.85. The van der Waals surface area contributed by atoms with Gasteiger partial charge in [0.25, 0.3) is 0 Å². The quantitative estimate of drug-likeness (QED) is 0.874. The molecule has 2 rings (SSSR count). The van der Waals surface area contributed by atoms with Crippen molar-refractivity contribution in [1.29, 1.82) is 0 Å². The zero-order valence-electron chi connectivity index (χ0n) is 22.5. The summed E-state index contributed by atoms with van der Waals surface area (Å²) in [5, 5.41) is 10.6. The number of benzene rings is 1. The fraction of sp³-hybridized carbons (Fsp3) is 0.429. The van der Waals surface area contributed by atoms with Crippen molar-refractivity contribution in [3.63, 3.8) is 0 Å². The molecule has 0 spiro atoms. The summed E-state index contributed by atoms with van der Waals surface area (Å²) in [7, 11) is 0. The highest BCUT2D eigenvalue weighted by Gasteiger charge is 2.19. The predicted octanol–water partition coefficient (Wildman–Crippen LogP) is 2.84. The van der Waals surface area contributed by atoms with Crippen molar-refractivity contribution in [2.75, 3.05) is 6.79 Å². The highest BCUT2D eigenvalue weighted by atomic mass is 16.7. The zero-order valence-corrected chi connectivity index (χ0v) is 8.55. The van der Waals surface area contributed by atoms with Crippen LogP contribution in [0.25, 0.3) is 6.05 Å². The van der Waals surface area contributed by atoms with Crippen molar-refractivity contribution in [3.8, 4) is 11.5 Å². The zero-order chi connectivity index (χ0) is 24.3. The third-order valence-electron chi connectivity index (χ3n) is 1.90. The van der Waals surface area contributed by atoms with Gasteiger partial charge in [-0.15, -0.1) is 0 Å². The minimum absolute atomic E-state index is 0.263. The molecule has 0 fully saturated rings. The summed E-state index contributed by atoms with van der Waals surface area (Å²) in [5.74, 6) is -0.600. The Morgan fingerprint density at radius 2 is 2.24 bits per heavy atom. The van der Waals surface area contributed by atoms with E-state index in [1.807, 2.05) is 0 Å². The van der Waals surface area contributed by atoms with Crippen LogP contribution in [-0.2, 0) is 0 Å². The third kappa shape index (κ3) is 2.80. The molecule has 3 nitrogen and oxygen atoms in total. The summed E-state index contributed by atoms with van der Waals surface area (Å²) >= 11 is 0. The van der Waals surface area contributed by atoms with Gasteiger partial charge in [0.05, 0.1) is 13.0 Å². The molecule has 0 aliphatic carbocycles. The maximum absolute atomic E-state index is 10.6. The van der Waals surface area contributed by atoms with Crippen molar-refractivity contribution >= 4 is 6.05 Å². The molecular formula is C14H18O3. The summed E-state index contributed by atoms with van der Waals surface area (Å²) in [5.41, 5.74) is -4.60. The second kappa shape index (κ2) is 4.41. The van der Waals surface area contributed by atoms with E-state index in [1.54, 1.807) is 0 Å². The molecule has 17 heavy (non-hydrogen) atoms. The van der Waals surface area contributed by atoms with Gasteiger partial charge in [-0.05, 0) is 23.1 Å². The Kier molecular flexibility index (Phi) is 0.912. The SMILES string of the molecule is [2H]/C(=C(/[2H])C(O)C(C([2H])([2H])[2H])(C([2H])([2H])[2H])C([2H])([2H])[2H])c1c([2H])c([2H])c2c(c1[2H])OCO2. The fourth-order valence-corrected chi connectivity index (χ4v) is 1.04. The average molecular weight is 248 g/mol. The maximum Gasteiger partial charge on any atom is 0.231 e. The Balaban J connectivity index is 2.85. The van der Waals surface area contributed by atoms with Gasteiger partial charge in [0.15, 0.2) is 11.5 Å². The molecule has 0 saturated heterocycles. The Morgan fingerprint density at radius 1 is 1.47 bits per heavy atom. The van der Waals surface area contributed by atoms with Gasteiger partial charge in [-0.1, -0.05) is 38.7 Å². The molecule has 1 N–H and O–H groups in total. The summed E-state index contributed by atoms with van der Waals surface area (Å²) in [4.78, 5) is 0. The predicted molar refractivity (Wildman–Crippen MR) is 67.1 cm³/mol. The van der Waals surface area contributed by atoms with Crippen LogP contribution in [0.5, 0.6) is 11.5 Å². The molecule has 0 bridgehead atoms. The largest absolute Gasteiger partial charge is 0.454 e. The number of aliphatic hydroxyl groups excluding tert-OH is 1. The maximum atomic E-state index is 10.6. The Bertz CT molecular complexity index is 875. The van der Waals surface area contributed by atoms with E-state index in [2.05, 4.69) is 0 Å². The summed E-state index contributed by atoms with van der Waals surface area (Å²) < 4.78 is 118. The van der Waals surface area contributed by atoms with Crippen LogP contribution < -0.4 is 9.47 Å². The van der Waals surface area contributed by atoms with Crippen LogP contribution in [0.15, 0.2) is 24.2 Å². The summed E-state index contributed by atoms with van der Waals surface area (Å²) in [6, 6.07) is -4.78. The highest BCUT2D eigenvalue weighted by molar-refractivity contribution is 5.56. The standard InChI is InChI=1S/C14H18O3/c1-14(2,3)13(15)7-5-10-4-6-11-12(8-10)17-9-16-11/h4-8,13,15H,9H2,1-3H3/b7-5+/i1D3,2D3,3D3,4D,5D,6D,7D,8D. The van der Waals surface area contributed by atoms with Crippen molar-refractivity contribution in [3.05, 3.63) is 29.7 Å². The van der Waals surface area contributed by atoms with Gasteiger partial charge in [0.1, 0.15) is 0 Å². The van der Waals surface area contributed by atoms with Gasteiger partial charge < -0.3 is 14.6 Å². The van der Waals surface area contributed by atoms with Gasteiger partial charge >= 0.3 is 0 Å². The van der Waals surface area contributed by atoms with Crippen molar-refractivity contribution in [2.24, 2.45) is 5.41 Å². The van der Waals surface area contributed by atoms with E-state index in [9.17, 15) is 5.11 Å². The van der Waals surface area contributed by atoms with Crippen LogP contribution in [0.2, 0.25) is 0 Å². The molecule has 0 aromatic heterocycles. The normalized spacial score (nSPS) is 31.8. The lowest BCUT2D eigenvalue weighted by atomic mass is 9.89. The molecule has 1 atom stereocenters. The Labute approximate surface area is 121 Å². The number of aliphatic hydroxyl groups is 1. The molecule has 0 radical (unpaired) electrons. The van der Waals surface area contributed by atoms with Crippen molar-refractivity contribution in [2.45, 2.75) is 26.7 Å². The Hall–Kier alpha value is -1.48. The first-order valence-corrected chi connectivity index (χ1v) is 4.57. The Morgan fingerprint density at radius 3 is 3.00 bits per heavy atom. The van der Waals surface area contributed by atoms with Gasteiger partial charge in [-0.3, -0.25) is 0 Å². The van der Waals surface area contributed by atoms with E-state index in [1.165, 1.54) is 0 Å². The molecule has 1 aliphatic rings. The lowest BCUT2D eigenvalue weighted by Gasteiger charge is -2.22. The van der Waals surface area contributed by atoms with Crippen molar-refractivity contribution < 1.29 is 33.8 Å². The second-order valence-electron chi connectivity index (χ2n) is 3.29. The minimum Gasteiger partial charge on any atom is -0.454 e. The highest BCUT2D eigenvalue weighted by Crippen LogP contribution is 2.33. The van der Waals surface area contributed by atoms with E-state index < -0.39 is 67.9 Å². The van der Waals surface area contributed by atoms with E-state index in [0.717, 1.165) is 0 Å². The number of ether oxygens (including phenoxy) is 2. The fourth-order valence-electron chi connectivity index (χ4n) is 1.04. The van der Waals surface area contributed by atoms with Crippen molar-refractivity contribution in [1.82, 2.24) is 0 Å². The smallest absolute Gasteiger partial charge is 0.231 e. The van der Waals surface area contributed by atoms with E-state index >= 15 is 0 Å². The first-order chi connectivity index (χ1) is 13.8. The first-order valence-electron chi connectivity index (χ1n) is 11.6. The third-order valence-corrected chi connectivity index (χ3v) is 1.90. The molecule has 1 aromatic rings. The molecule has 1 unspecified atom stereocenters. The molecule has 1 heterocycles. The number of fused-ring (bicyclic) bond motifs is 1. The van der Waals surface area contributed by atoms with Crippen LogP contribution in [0.3, 0.4) is 0 Å². The molecule has 0 amide bonds. The van der Waals surface area contributed by atoms with Gasteiger partial charge in [0, 0.05) is 12.3 Å². The lowest BCUT2D eigenvalue weighted by molar-refractivity contribution is 0.106. The van der Waals surface area contributed by atoms with Crippen LogP contribution >= 0.6 is 0 Å². The summed E-state index contributed by atoms with van der Waals surface area (Å²) in [6.45, 7) is -11.9. The molecule has 0 saturated carbocycles. The van der Waals surface area contributed by atoms with Crippen LogP contribution in [-0.4, -0.2) is 18.0 Å². The second-order valence-corrected chi connectivity index (χ2v) is 3.29. The molecule has 1 aliphatic heterocycles. The van der Waals surface area contributed by atoms with Crippen LogP contribution in [0.1, 0.15) is 45.3 Å². The topological polar surface area (TPSA) is 38.7 Å². The van der Waals surface area contributed by atoms with Gasteiger partial charge in [0.2, 0.25) is 6.79 Å². The van der Waals surface area contributed by atoms with E-state index in [0.29, 0.717) is 0 Å². The van der Waals surface area contributed by atoms with E-state index in [4.69, 9.17) is 28.7 Å². The molecular weight excluding hydrogens is 216 g/mol. The molecule has 1 aromatic carbocycles. The summed E-state index contributed by atoms with van der Waals surface area (Å²) in [6.07, 6.45) is -3.04. The monoisotopic (exact) mass is 248 g/mol. The van der Waals surface area contributed by atoms with Gasteiger partial charge in [-0.2, -0.15) is 0 Å². The number of rotatable bonds is 2. The average Bonchev–Trinajstić information content (AvgIpc) is 3.05. The van der Waals surface area contributed by atoms with Gasteiger partial charge in [-0.25, -0.2) is 0 Å². The van der Waals surface area contributed by atoms with Crippen LogP contribution in [0, 0.1) is 5.41 Å². The van der Waals surface area contributed by atoms with Crippen LogP contribution in [0.4, 0.5) is 0 Å². The van der Waals surface area contributed by atoms with E-state index in [-0.39, 0.29) is 18.3 Å².